The van der Waals surface area contributed by atoms with Crippen molar-refractivity contribution in [3.05, 3.63) is 59.9 Å². The average molecular weight is 342 g/mol. The second-order valence-electron chi connectivity index (χ2n) is 6.49. The second kappa shape index (κ2) is 8.12. The molecular weight excluding hydrogens is 319 g/mol. The third-order valence-electron chi connectivity index (χ3n) is 4.65. The van der Waals surface area contributed by atoms with Crippen molar-refractivity contribution in [3.8, 4) is 0 Å². The van der Waals surface area contributed by atoms with E-state index in [1.54, 1.807) is 12.1 Å². The van der Waals surface area contributed by atoms with Gasteiger partial charge in [0.2, 0.25) is 5.91 Å². The number of nitrogens with zero attached hydrogens (tertiary/aromatic N) is 1. The first kappa shape index (κ1) is 17.4. The van der Waals surface area contributed by atoms with Crippen LogP contribution in [0.25, 0.3) is 0 Å². The number of hydrogen-bond donors (Lipinski definition) is 2. The number of aliphatic hydroxyl groups is 1. The van der Waals surface area contributed by atoms with E-state index in [1.807, 2.05) is 24.3 Å². The van der Waals surface area contributed by atoms with Crippen molar-refractivity contribution < 1.29 is 14.3 Å². The molecule has 0 bridgehead atoms. The molecule has 0 aliphatic carbocycles. The maximum absolute atomic E-state index is 13.3. The highest BCUT2D eigenvalue weighted by Gasteiger charge is 2.20. The minimum Gasteiger partial charge on any atom is -0.396 e. The van der Waals surface area contributed by atoms with Gasteiger partial charge in [-0.15, -0.1) is 0 Å². The largest absolute Gasteiger partial charge is 0.396 e. The van der Waals surface area contributed by atoms with Crippen LogP contribution in [-0.2, 0) is 11.2 Å². The topological polar surface area (TPSA) is 52.6 Å². The van der Waals surface area contributed by atoms with Crippen LogP contribution < -0.4 is 10.2 Å². The molecule has 0 unspecified atom stereocenters. The van der Waals surface area contributed by atoms with Gasteiger partial charge in [0.25, 0.3) is 0 Å². The first-order valence-corrected chi connectivity index (χ1v) is 8.65. The second-order valence-corrected chi connectivity index (χ2v) is 6.49. The Labute approximate surface area is 147 Å². The summed E-state index contributed by atoms with van der Waals surface area (Å²) in [5, 5.41) is 12.2. The number of para-hydroxylation sites is 2. The number of hydrogen-bond acceptors (Lipinski definition) is 3. The number of benzene rings is 2. The van der Waals surface area contributed by atoms with E-state index >= 15 is 0 Å². The van der Waals surface area contributed by atoms with Gasteiger partial charge in [-0.05, 0) is 48.6 Å². The summed E-state index contributed by atoms with van der Waals surface area (Å²) >= 11 is 0. The van der Waals surface area contributed by atoms with Crippen molar-refractivity contribution in [1.29, 1.82) is 0 Å². The predicted molar refractivity (Wildman–Crippen MR) is 97.2 cm³/mol. The molecule has 0 spiro atoms. The van der Waals surface area contributed by atoms with Gasteiger partial charge in [-0.25, -0.2) is 4.39 Å². The van der Waals surface area contributed by atoms with Crippen LogP contribution in [0.15, 0.2) is 48.5 Å². The number of carbonyl (C=O) groups excluding carboxylic acids is 1. The van der Waals surface area contributed by atoms with Crippen LogP contribution in [0.4, 0.5) is 15.8 Å². The molecule has 0 aromatic heterocycles. The van der Waals surface area contributed by atoms with Crippen molar-refractivity contribution in [3.63, 3.8) is 0 Å². The van der Waals surface area contributed by atoms with Gasteiger partial charge < -0.3 is 15.3 Å². The molecule has 1 heterocycles. The van der Waals surface area contributed by atoms with Crippen LogP contribution in [0.3, 0.4) is 0 Å². The lowest BCUT2D eigenvalue weighted by Crippen LogP contribution is -2.35. The minimum absolute atomic E-state index is 0.138. The van der Waals surface area contributed by atoms with Crippen LogP contribution in [0.5, 0.6) is 0 Å². The molecule has 3 rings (SSSR count). The van der Waals surface area contributed by atoms with Crippen molar-refractivity contribution in [2.45, 2.75) is 19.3 Å². The average Bonchev–Trinajstić information content (AvgIpc) is 2.62. The molecule has 2 aromatic carbocycles. The fraction of sp³-hybridized carbons (Fsp3) is 0.350. The lowest BCUT2D eigenvalue weighted by Gasteiger charge is -2.34. The summed E-state index contributed by atoms with van der Waals surface area (Å²) in [6, 6.07) is 13.8. The molecule has 0 radical (unpaired) electrons. The summed E-state index contributed by atoms with van der Waals surface area (Å²) in [6.07, 6.45) is 2.03. The third kappa shape index (κ3) is 4.57. The smallest absolute Gasteiger partial charge is 0.228 e. The highest BCUT2D eigenvalue weighted by atomic mass is 19.1. The molecular formula is C20H23FN2O2. The lowest BCUT2D eigenvalue weighted by atomic mass is 9.97. The van der Waals surface area contributed by atoms with Gasteiger partial charge in [0, 0.05) is 19.7 Å². The fourth-order valence-electron chi connectivity index (χ4n) is 3.24. The Bertz CT molecular complexity index is 727. The summed E-state index contributed by atoms with van der Waals surface area (Å²) < 4.78 is 13.3. The first-order valence-electron chi connectivity index (χ1n) is 8.65. The molecule has 4 nitrogen and oxygen atoms in total. The van der Waals surface area contributed by atoms with E-state index in [9.17, 15) is 14.3 Å². The molecule has 25 heavy (non-hydrogen) atoms. The minimum atomic E-state index is -0.336. The molecule has 1 fully saturated rings. The maximum atomic E-state index is 13.3. The Morgan fingerprint density at radius 3 is 2.64 bits per heavy atom. The zero-order valence-electron chi connectivity index (χ0n) is 14.1. The Morgan fingerprint density at radius 2 is 1.92 bits per heavy atom. The highest BCUT2D eigenvalue weighted by molar-refractivity contribution is 5.95. The van der Waals surface area contributed by atoms with Crippen molar-refractivity contribution in [2.24, 2.45) is 5.92 Å². The van der Waals surface area contributed by atoms with Crippen LogP contribution in [-0.4, -0.2) is 30.7 Å². The van der Waals surface area contributed by atoms with Gasteiger partial charge in [-0.1, -0.05) is 24.3 Å². The molecule has 132 valence electrons. The van der Waals surface area contributed by atoms with Crippen molar-refractivity contribution in [1.82, 2.24) is 0 Å². The van der Waals surface area contributed by atoms with Gasteiger partial charge in [0.05, 0.1) is 17.8 Å². The van der Waals surface area contributed by atoms with Crippen LogP contribution in [0.2, 0.25) is 0 Å². The zero-order chi connectivity index (χ0) is 17.6. The summed E-state index contributed by atoms with van der Waals surface area (Å²) in [7, 11) is 0. The number of carbonyl (C=O) groups is 1. The van der Waals surface area contributed by atoms with Gasteiger partial charge in [0.1, 0.15) is 5.82 Å². The molecule has 2 N–H and O–H groups in total. The van der Waals surface area contributed by atoms with E-state index in [0.29, 0.717) is 11.5 Å². The van der Waals surface area contributed by atoms with Gasteiger partial charge in [-0.3, -0.25) is 4.79 Å². The lowest BCUT2D eigenvalue weighted by molar-refractivity contribution is -0.115. The maximum Gasteiger partial charge on any atom is 0.228 e. The summed E-state index contributed by atoms with van der Waals surface area (Å²) in [5.41, 5.74) is 2.41. The van der Waals surface area contributed by atoms with Crippen molar-refractivity contribution >= 4 is 17.3 Å². The summed E-state index contributed by atoms with van der Waals surface area (Å²) in [4.78, 5) is 14.6. The third-order valence-corrected chi connectivity index (χ3v) is 4.65. The summed E-state index contributed by atoms with van der Waals surface area (Å²) in [5.74, 6) is -0.133. The molecule has 1 aliphatic heterocycles. The fourth-order valence-corrected chi connectivity index (χ4v) is 3.24. The number of piperidine rings is 1. The number of halogens is 1. The Morgan fingerprint density at radius 1 is 1.16 bits per heavy atom. The highest BCUT2D eigenvalue weighted by Crippen LogP contribution is 2.29. The first-order chi connectivity index (χ1) is 12.2. The van der Waals surface area contributed by atoms with Gasteiger partial charge in [0.15, 0.2) is 0 Å². The molecule has 2 aromatic rings. The molecule has 5 heteroatoms. The van der Waals surface area contributed by atoms with Crippen LogP contribution >= 0.6 is 0 Å². The molecule has 1 aliphatic rings. The van der Waals surface area contributed by atoms with E-state index in [-0.39, 0.29) is 24.8 Å². The van der Waals surface area contributed by atoms with Crippen LogP contribution in [0.1, 0.15) is 18.4 Å². The van der Waals surface area contributed by atoms with E-state index in [2.05, 4.69) is 10.2 Å². The Kier molecular flexibility index (Phi) is 5.66. The molecule has 1 amide bonds. The van der Waals surface area contributed by atoms with Crippen molar-refractivity contribution in [2.75, 3.05) is 29.9 Å². The number of rotatable bonds is 5. The van der Waals surface area contributed by atoms with E-state index in [0.717, 1.165) is 37.3 Å². The van der Waals surface area contributed by atoms with E-state index in [4.69, 9.17) is 0 Å². The number of nitrogens with one attached hydrogen (secondary N) is 1. The quantitative estimate of drug-likeness (QED) is 0.877. The van der Waals surface area contributed by atoms with E-state index < -0.39 is 0 Å². The summed E-state index contributed by atoms with van der Waals surface area (Å²) in [6.45, 7) is 1.96. The number of anilines is 2. The van der Waals surface area contributed by atoms with Gasteiger partial charge >= 0.3 is 0 Å². The SMILES string of the molecule is O=C(Cc1cccc(F)c1)Nc1ccccc1N1CCC(CO)CC1. The van der Waals surface area contributed by atoms with Gasteiger partial charge in [-0.2, -0.15) is 0 Å². The van der Waals surface area contributed by atoms with Crippen LogP contribution in [0, 0.1) is 11.7 Å². The molecule has 1 saturated heterocycles. The number of aliphatic hydroxyl groups excluding tert-OH is 1. The predicted octanol–water partition coefficient (Wildman–Crippen LogP) is 3.22. The molecule has 0 saturated carbocycles. The van der Waals surface area contributed by atoms with E-state index in [1.165, 1.54) is 12.1 Å². The normalized spacial score (nSPS) is 15.2. The number of amides is 1. The Hall–Kier alpha value is -2.40. The monoisotopic (exact) mass is 342 g/mol. The standard InChI is InChI=1S/C20H23FN2O2/c21-17-5-3-4-16(12-17)13-20(25)22-18-6-1-2-7-19(18)23-10-8-15(14-24)9-11-23/h1-7,12,15,24H,8-11,13-14H2,(H,22,25). The molecule has 0 atom stereocenters. The zero-order valence-corrected chi connectivity index (χ0v) is 14.1. The Balaban J connectivity index is 1.67.